The lowest BCUT2D eigenvalue weighted by atomic mass is 10.2. The van der Waals surface area contributed by atoms with Gasteiger partial charge in [0, 0.05) is 13.3 Å². The summed E-state index contributed by atoms with van der Waals surface area (Å²) < 4.78 is 29.2. The van der Waals surface area contributed by atoms with E-state index in [-0.39, 0.29) is 6.42 Å². The Labute approximate surface area is 63.5 Å². The Balaban J connectivity index is 2.34. The van der Waals surface area contributed by atoms with E-state index in [9.17, 15) is 13.6 Å². The minimum atomic E-state index is -2.60. The van der Waals surface area contributed by atoms with E-state index in [1.165, 1.54) is 13.8 Å². The SMILES string of the molecule is CC(=O)OC(C)C1CC1(F)F. The van der Waals surface area contributed by atoms with Crippen molar-refractivity contribution in [3.05, 3.63) is 0 Å². The number of carbonyl (C=O) groups is 1. The van der Waals surface area contributed by atoms with Gasteiger partial charge in [-0.15, -0.1) is 0 Å². The van der Waals surface area contributed by atoms with E-state index in [0.717, 1.165) is 0 Å². The Morgan fingerprint density at radius 2 is 2.18 bits per heavy atom. The molecule has 0 N–H and O–H groups in total. The van der Waals surface area contributed by atoms with E-state index < -0.39 is 23.9 Å². The second-order valence-corrected chi connectivity index (χ2v) is 2.89. The third kappa shape index (κ3) is 1.88. The summed E-state index contributed by atoms with van der Waals surface area (Å²) in [6.07, 6.45) is -0.802. The first kappa shape index (κ1) is 8.43. The molecule has 1 fully saturated rings. The number of halogens is 2. The maximum absolute atomic E-state index is 12.3. The predicted molar refractivity (Wildman–Crippen MR) is 34.3 cm³/mol. The zero-order chi connectivity index (χ0) is 8.65. The van der Waals surface area contributed by atoms with Crippen molar-refractivity contribution in [1.29, 1.82) is 0 Å². The Morgan fingerprint density at radius 3 is 2.45 bits per heavy atom. The van der Waals surface area contributed by atoms with Gasteiger partial charge in [-0.3, -0.25) is 4.79 Å². The van der Waals surface area contributed by atoms with Crippen LogP contribution in [-0.2, 0) is 9.53 Å². The molecule has 0 amide bonds. The standard InChI is InChI=1S/C7H10F2O2/c1-4(11-5(2)10)6-3-7(6,8)9/h4,6H,3H2,1-2H3. The largest absolute Gasteiger partial charge is 0.462 e. The molecule has 0 bridgehead atoms. The highest BCUT2D eigenvalue weighted by Crippen LogP contribution is 2.51. The number of rotatable bonds is 2. The first-order chi connectivity index (χ1) is 4.93. The van der Waals surface area contributed by atoms with Crippen molar-refractivity contribution in [3.63, 3.8) is 0 Å². The lowest BCUT2D eigenvalue weighted by Crippen LogP contribution is -2.17. The summed E-state index contributed by atoms with van der Waals surface area (Å²) >= 11 is 0. The van der Waals surface area contributed by atoms with Gasteiger partial charge in [-0.25, -0.2) is 8.78 Å². The van der Waals surface area contributed by atoms with Crippen molar-refractivity contribution in [2.24, 2.45) is 5.92 Å². The van der Waals surface area contributed by atoms with Crippen LogP contribution >= 0.6 is 0 Å². The second-order valence-electron chi connectivity index (χ2n) is 2.89. The molecule has 0 spiro atoms. The van der Waals surface area contributed by atoms with Crippen LogP contribution in [0.2, 0.25) is 0 Å². The van der Waals surface area contributed by atoms with E-state index >= 15 is 0 Å². The molecule has 0 aromatic rings. The highest BCUT2D eigenvalue weighted by Gasteiger charge is 2.60. The molecule has 0 aromatic carbocycles. The lowest BCUT2D eigenvalue weighted by molar-refractivity contribution is -0.147. The monoisotopic (exact) mass is 164 g/mol. The van der Waals surface area contributed by atoms with Gasteiger partial charge in [-0.1, -0.05) is 0 Å². The zero-order valence-corrected chi connectivity index (χ0v) is 6.43. The van der Waals surface area contributed by atoms with Crippen LogP contribution in [0.5, 0.6) is 0 Å². The van der Waals surface area contributed by atoms with Crippen LogP contribution in [0.3, 0.4) is 0 Å². The Morgan fingerprint density at radius 1 is 1.73 bits per heavy atom. The number of alkyl halides is 2. The molecule has 1 rings (SSSR count). The van der Waals surface area contributed by atoms with Crippen LogP contribution in [0.25, 0.3) is 0 Å². The summed E-state index contributed by atoms with van der Waals surface area (Å²) in [6.45, 7) is 2.71. The van der Waals surface area contributed by atoms with Crippen molar-refractivity contribution >= 4 is 5.97 Å². The molecule has 1 saturated carbocycles. The van der Waals surface area contributed by atoms with Crippen LogP contribution in [0, 0.1) is 5.92 Å². The Hall–Kier alpha value is -0.670. The average Bonchev–Trinajstić information content (AvgIpc) is 2.38. The first-order valence-electron chi connectivity index (χ1n) is 3.48. The lowest BCUT2D eigenvalue weighted by Gasteiger charge is -2.09. The van der Waals surface area contributed by atoms with Crippen LogP contribution < -0.4 is 0 Å². The zero-order valence-electron chi connectivity index (χ0n) is 6.43. The molecule has 4 heteroatoms. The van der Waals surface area contributed by atoms with Gasteiger partial charge in [0.15, 0.2) is 0 Å². The van der Waals surface area contributed by atoms with E-state index in [1.54, 1.807) is 0 Å². The summed E-state index contributed by atoms with van der Waals surface area (Å²) in [6, 6.07) is 0. The summed E-state index contributed by atoms with van der Waals surface area (Å²) in [5.74, 6) is -3.86. The van der Waals surface area contributed by atoms with Crippen molar-refractivity contribution < 1.29 is 18.3 Å². The third-order valence-corrected chi connectivity index (χ3v) is 1.79. The molecule has 1 aliphatic carbocycles. The molecule has 0 aromatic heterocycles. The normalized spacial score (nSPS) is 29.3. The summed E-state index contributed by atoms with van der Waals surface area (Å²) in [4.78, 5) is 10.3. The molecule has 2 atom stereocenters. The number of ether oxygens (including phenoxy) is 1. The van der Waals surface area contributed by atoms with E-state index in [1.807, 2.05) is 0 Å². The molecule has 0 saturated heterocycles. The molecular weight excluding hydrogens is 154 g/mol. The minimum Gasteiger partial charge on any atom is -0.462 e. The molecule has 11 heavy (non-hydrogen) atoms. The third-order valence-electron chi connectivity index (χ3n) is 1.79. The molecule has 1 aliphatic rings. The van der Waals surface area contributed by atoms with Gasteiger partial charge in [0.2, 0.25) is 0 Å². The summed E-state index contributed by atoms with van der Waals surface area (Å²) in [7, 11) is 0. The van der Waals surface area contributed by atoms with Gasteiger partial charge >= 0.3 is 5.97 Å². The van der Waals surface area contributed by atoms with E-state index in [4.69, 9.17) is 0 Å². The topological polar surface area (TPSA) is 26.3 Å². The number of hydrogen-bond acceptors (Lipinski definition) is 2. The van der Waals surface area contributed by atoms with Crippen molar-refractivity contribution in [3.8, 4) is 0 Å². The fourth-order valence-corrected chi connectivity index (χ4v) is 1.09. The summed E-state index contributed by atoms with van der Waals surface area (Å²) in [5, 5.41) is 0. The Bertz CT molecular complexity index is 179. The first-order valence-corrected chi connectivity index (χ1v) is 3.48. The predicted octanol–water partition coefficient (Wildman–Crippen LogP) is 1.59. The second kappa shape index (κ2) is 2.43. The van der Waals surface area contributed by atoms with Crippen LogP contribution in [0.15, 0.2) is 0 Å². The minimum absolute atomic E-state index is 0.151. The fraction of sp³-hybridized carbons (Fsp3) is 0.857. The van der Waals surface area contributed by atoms with Gasteiger partial charge in [0.05, 0.1) is 5.92 Å². The Kier molecular flexibility index (Phi) is 1.86. The fourth-order valence-electron chi connectivity index (χ4n) is 1.09. The number of hydrogen-bond donors (Lipinski definition) is 0. The molecular formula is C7H10F2O2. The van der Waals surface area contributed by atoms with Crippen molar-refractivity contribution in [2.75, 3.05) is 0 Å². The average molecular weight is 164 g/mol. The van der Waals surface area contributed by atoms with Gasteiger partial charge in [0.25, 0.3) is 5.92 Å². The highest BCUT2D eigenvalue weighted by atomic mass is 19.3. The van der Waals surface area contributed by atoms with E-state index in [0.29, 0.717) is 0 Å². The van der Waals surface area contributed by atoms with Gasteiger partial charge in [-0.2, -0.15) is 0 Å². The molecule has 2 nitrogen and oxygen atoms in total. The molecule has 0 radical (unpaired) electrons. The number of carbonyl (C=O) groups excluding carboxylic acids is 1. The van der Waals surface area contributed by atoms with Crippen LogP contribution in [0.4, 0.5) is 8.78 Å². The van der Waals surface area contributed by atoms with Crippen LogP contribution in [0.1, 0.15) is 20.3 Å². The molecule has 2 unspecified atom stereocenters. The van der Waals surface area contributed by atoms with Gasteiger partial charge < -0.3 is 4.74 Å². The quantitative estimate of drug-likeness (QED) is 0.579. The van der Waals surface area contributed by atoms with E-state index in [2.05, 4.69) is 4.74 Å². The van der Waals surface area contributed by atoms with Gasteiger partial charge in [-0.05, 0) is 6.92 Å². The highest BCUT2D eigenvalue weighted by molar-refractivity contribution is 5.66. The number of esters is 1. The molecule has 64 valence electrons. The van der Waals surface area contributed by atoms with Crippen molar-refractivity contribution in [2.45, 2.75) is 32.3 Å². The maximum Gasteiger partial charge on any atom is 0.302 e. The molecule has 0 aliphatic heterocycles. The van der Waals surface area contributed by atoms with Crippen molar-refractivity contribution in [1.82, 2.24) is 0 Å². The molecule has 0 heterocycles. The smallest absolute Gasteiger partial charge is 0.302 e. The van der Waals surface area contributed by atoms with Gasteiger partial charge in [0.1, 0.15) is 6.10 Å². The summed E-state index contributed by atoms with van der Waals surface area (Å²) in [5.41, 5.74) is 0. The maximum atomic E-state index is 12.3. The van der Waals surface area contributed by atoms with Crippen LogP contribution in [-0.4, -0.2) is 18.0 Å².